The molecule has 0 heterocycles. The molecule has 1 rings (SSSR count). The number of halogens is 1. The zero-order chi connectivity index (χ0) is 12.8. The van der Waals surface area contributed by atoms with Gasteiger partial charge in [0.1, 0.15) is 6.04 Å². The lowest BCUT2D eigenvalue weighted by Gasteiger charge is -2.17. The van der Waals surface area contributed by atoms with Gasteiger partial charge in [0, 0.05) is 11.6 Å². The van der Waals surface area contributed by atoms with Gasteiger partial charge in [0.25, 0.3) is 0 Å². The molecule has 2 N–H and O–H groups in total. The first-order valence-corrected chi connectivity index (χ1v) is 5.67. The first-order valence-electron chi connectivity index (χ1n) is 5.29. The first-order chi connectivity index (χ1) is 8.04. The minimum Gasteiger partial charge on any atom is -0.468 e. The molecule has 0 aromatic heterocycles. The van der Waals surface area contributed by atoms with Crippen molar-refractivity contribution < 1.29 is 14.6 Å². The van der Waals surface area contributed by atoms with Crippen LogP contribution >= 0.6 is 11.6 Å². The van der Waals surface area contributed by atoms with Crippen molar-refractivity contribution in [1.29, 1.82) is 0 Å². The number of aliphatic hydroxyl groups is 1. The van der Waals surface area contributed by atoms with Crippen LogP contribution in [0.4, 0.5) is 0 Å². The Morgan fingerprint density at radius 2 is 2.06 bits per heavy atom. The maximum Gasteiger partial charge on any atom is 0.327 e. The van der Waals surface area contributed by atoms with Crippen LogP contribution in [0.15, 0.2) is 24.3 Å². The van der Waals surface area contributed by atoms with Crippen LogP contribution in [0.1, 0.15) is 18.5 Å². The summed E-state index contributed by atoms with van der Waals surface area (Å²) in [7, 11) is 1.33. The van der Waals surface area contributed by atoms with Gasteiger partial charge in [-0.1, -0.05) is 23.7 Å². The molecule has 0 aliphatic rings. The maximum absolute atomic E-state index is 11.6. The Bertz CT molecular complexity index is 365. The van der Waals surface area contributed by atoms with Gasteiger partial charge in [-0.25, -0.2) is 4.79 Å². The molecule has 2 unspecified atom stereocenters. The van der Waals surface area contributed by atoms with E-state index >= 15 is 0 Å². The molecule has 0 saturated carbocycles. The lowest BCUT2D eigenvalue weighted by molar-refractivity contribution is -0.143. The molecule has 0 spiro atoms. The Labute approximate surface area is 106 Å². The summed E-state index contributed by atoms with van der Waals surface area (Å²) in [5, 5.41) is 12.8. The zero-order valence-corrected chi connectivity index (χ0v) is 10.6. The van der Waals surface area contributed by atoms with E-state index in [2.05, 4.69) is 5.32 Å². The van der Waals surface area contributed by atoms with Gasteiger partial charge in [-0.15, -0.1) is 0 Å². The Balaban J connectivity index is 2.82. The highest BCUT2D eigenvalue weighted by Crippen LogP contribution is 2.17. The SMILES string of the molecule is COC(=O)C(NCC(C)O)c1ccc(Cl)cc1. The fourth-order valence-corrected chi connectivity index (χ4v) is 1.52. The van der Waals surface area contributed by atoms with E-state index in [1.54, 1.807) is 31.2 Å². The summed E-state index contributed by atoms with van der Waals surface area (Å²) in [5.41, 5.74) is 0.752. The van der Waals surface area contributed by atoms with Gasteiger partial charge in [-0.2, -0.15) is 0 Å². The lowest BCUT2D eigenvalue weighted by atomic mass is 10.1. The van der Waals surface area contributed by atoms with Crippen LogP contribution < -0.4 is 5.32 Å². The summed E-state index contributed by atoms with van der Waals surface area (Å²) in [6.07, 6.45) is -0.533. The molecule has 0 saturated heterocycles. The van der Waals surface area contributed by atoms with Crippen LogP contribution in [0.2, 0.25) is 5.02 Å². The third-order valence-corrected chi connectivity index (χ3v) is 2.51. The van der Waals surface area contributed by atoms with E-state index in [-0.39, 0.29) is 0 Å². The van der Waals surface area contributed by atoms with Gasteiger partial charge in [-0.3, -0.25) is 5.32 Å². The first kappa shape index (κ1) is 14.0. The number of hydrogen-bond acceptors (Lipinski definition) is 4. The average molecular weight is 258 g/mol. The highest BCUT2D eigenvalue weighted by molar-refractivity contribution is 6.30. The van der Waals surface area contributed by atoms with Crippen molar-refractivity contribution in [3.8, 4) is 0 Å². The van der Waals surface area contributed by atoms with Crippen molar-refractivity contribution in [2.75, 3.05) is 13.7 Å². The van der Waals surface area contributed by atoms with E-state index in [0.29, 0.717) is 11.6 Å². The van der Waals surface area contributed by atoms with E-state index in [4.69, 9.17) is 16.3 Å². The summed E-state index contributed by atoms with van der Waals surface area (Å²) in [4.78, 5) is 11.6. The molecule has 0 radical (unpaired) electrons. The fraction of sp³-hybridized carbons (Fsp3) is 0.417. The summed E-state index contributed by atoms with van der Waals surface area (Å²) >= 11 is 5.78. The molecule has 0 aliphatic heterocycles. The van der Waals surface area contributed by atoms with Crippen LogP contribution in [-0.2, 0) is 9.53 Å². The quantitative estimate of drug-likeness (QED) is 0.786. The number of carbonyl (C=O) groups is 1. The number of benzene rings is 1. The molecule has 2 atom stereocenters. The van der Waals surface area contributed by atoms with Crippen LogP contribution in [0.25, 0.3) is 0 Å². The lowest BCUT2D eigenvalue weighted by Crippen LogP contribution is -2.34. The van der Waals surface area contributed by atoms with Gasteiger partial charge in [0.05, 0.1) is 13.2 Å². The van der Waals surface area contributed by atoms with Crippen molar-refractivity contribution in [2.45, 2.75) is 19.1 Å². The largest absolute Gasteiger partial charge is 0.468 e. The number of carbonyl (C=O) groups excluding carboxylic acids is 1. The summed E-state index contributed by atoms with van der Waals surface area (Å²) in [6.45, 7) is 1.95. The summed E-state index contributed by atoms with van der Waals surface area (Å²) in [5.74, 6) is -0.395. The minimum atomic E-state index is -0.591. The number of aliphatic hydroxyl groups excluding tert-OH is 1. The molecule has 94 valence electrons. The maximum atomic E-state index is 11.6. The predicted molar refractivity (Wildman–Crippen MR) is 65.9 cm³/mol. The second-order valence-corrected chi connectivity index (χ2v) is 4.20. The molecule has 5 heteroatoms. The second kappa shape index (κ2) is 6.59. The van der Waals surface area contributed by atoms with Crippen molar-refractivity contribution in [1.82, 2.24) is 5.32 Å². The van der Waals surface area contributed by atoms with Crippen molar-refractivity contribution in [3.05, 3.63) is 34.9 Å². The van der Waals surface area contributed by atoms with E-state index in [1.807, 2.05) is 0 Å². The molecule has 1 aromatic rings. The topological polar surface area (TPSA) is 58.6 Å². The third-order valence-electron chi connectivity index (χ3n) is 2.26. The van der Waals surface area contributed by atoms with Crippen LogP contribution in [-0.4, -0.2) is 30.8 Å². The molecule has 17 heavy (non-hydrogen) atoms. The van der Waals surface area contributed by atoms with Crippen molar-refractivity contribution in [3.63, 3.8) is 0 Å². The monoisotopic (exact) mass is 257 g/mol. The van der Waals surface area contributed by atoms with Crippen LogP contribution in [0, 0.1) is 0 Å². The standard InChI is InChI=1S/C12H16ClNO3/c1-8(15)7-14-11(12(16)17-2)9-3-5-10(13)6-4-9/h3-6,8,11,14-15H,7H2,1-2H3. The number of rotatable bonds is 5. The third kappa shape index (κ3) is 4.34. The number of ether oxygens (including phenoxy) is 1. The molecule has 1 aromatic carbocycles. The van der Waals surface area contributed by atoms with Crippen molar-refractivity contribution in [2.24, 2.45) is 0 Å². The number of methoxy groups -OCH3 is 1. The van der Waals surface area contributed by atoms with E-state index in [1.165, 1.54) is 7.11 Å². The second-order valence-electron chi connectivity index (χ2n) is 3.76. The van der Waals surface area contributed by atoms with E-state index in [9.17, 15) is 9.90 Å². The van der Waals surface area contributed by atoms with Crippen LogP contribution in [0.5, 0.6) is 0 Å². The average Bonchev–Trinajstić information content (AvgIpc) is 2.30. The molecular formula is C12H16ClNO3. The summed E-state index contributed by atoms with van der Waals surface area (Å²) in [6, 6.07) is 6.32. The zero-order valence-electron chi connectivity index (χ0n) is 9.81. The Hall–Kier alpha value is -1.10. The Morgan fingerprint density at radius 3 is 2.53 bits per heavy atom. The number of hydrogen-bond donors (Lipinski definition) is 2. The van der Waals surface area contributed by atoms with Gasteiger partial charge in [-0.05, 0) is 24.6 Å². The molecule has 0 amide bonds. The molecule has 4 nitrogen and oxygen atoms in total. The highest BCUT2D eigenvalue weighted by atomic mass is 35.5. The highest BCUT2D eigenvalue weighted by Gasteiger charge is 2.20. The van der Waals surface area contributed by atoms with Crippen LogP contribution in [0.3, 0.4) is 0 Å². The fourth-order valence-electron chi connectivity index (χ4n) is 1.40. The Kier molecular flexibility index (Phi) is 5.41. The molecule has 0 fully saturated rings. The van der Waals surface area contributed by atoms with Crippen molar-refractivity contribution >= 4 is 17.6 Å². The Morgan fingerprint density at radius 1 is 1.47 bits per heavy atom. The summed E-state index contributed by atoms with van der Waals surface area (Å²) < 4.78 is 4.71. The predicted octanol–water partition coefficient (Wildman–Crippen LogP) is 1.52. The smallest absolute Gasteiger partial charge is 0.327 e. The molecular weight excluding hydrogens is 242 g/mol. The molecule has 0 aliphatic carbocycles. The van der Waals surface area contributed by atoms with Gasteiger partial charge in [0.2, 0.25) is 0 Å². The molecule has 0 bridgehead atoms. The van der Waals surface area contributed by atoms with Gasteiger partial charge < -0.3 is 9.84 Å². The van der Waals surface area contributed by atoms with E-state index < -0.39 is 18.1 Å². The number of esters is 1. The van der Waals surface area contributed by atoms with E-state index in [0.717, 1.165) is 5.56 Å². The number of nitrogens with one attached hydrogen (secondary N) is 1. The van der Waals surface area contributed by atoms with Gasteiger partial charge >= 0.3 is 5.97 Å². The van der Waals surface area contributed by atoms with Gasteiger partial charge in [0.15, 0.2) is 0 Å². The normalized spacial score (nSPS) is 14.1. The minimum absolute atomic E-state index is 0.308.